The first-order valence-corrected chi connectivity index (χ1v) is 8.74. The number of aliphatic imine (C=N–C) groups is 1. The van der Waals surface area contributed by atoms with Gasteiger partial charge in [0, 0.05) is 18.4 Å². The average Bonchev–Trinajstić information content (AvgIpc) is 2.86. The van der Waals surface area contributed by atoms with Crippen molar-refractivity contribution in [2.24, 2.45) is 4.99 Å². The number of amidine groups is 1. The monoisotopic (exact) mass is 304 g/mol. The highest BCUT2D eigenvalue weighted by Gasteiger charge is 2.30. The lowest BCUT2D eigenvalue weighted by Crippen LogP contribution is -2.44. The average molecular weight is 304 g/mol. The summed E-state index contributed by atoms with van der Waals surface area (Å²) in [6.07, 6.45) is 3.17. The van der Waals surface area contributed by atoms with Gasteiger partial charge in [-0.25, -0.2) is 0 Å². The van der Waals surface area contributed by atoms with Crippen LogP contribution in [0.25, 0.3) is 0 Å². The van der Waals surface area contributed by atoms with Crippen LogP contribution in [0.1, 0.15) is 32.3 Å². The second-order valence-corrected chi connectivity index (χ2v) is 7.54. The maximum atomic E-state index is 5.77. The summed E-state index contributed by atoms with van der Waals surface area (Å²) in [5, 5.41) is 4.75. The summed E-state index contributed by atoms with van der Waals surface area (Å²) >= 11 is 1.86. The fourth-order valence-corrected chi connectivity index (χ4v) is 4.03. The fraction of sp³-hybridized carbons (Fsp3) is 0.588. The van der Waals surface area contributed by atoms with Gasteiger partial charge in [0.2, 0.25) is 0 Å². The number of thioether (sulfide) groups is 1. The zero-order valence-corrected chi connectivity index (χ0v) is 13.7. The van der Waals surface area contributed by atoms with Crippen LogP contribution < -0.4 is 5.32 Å². The molecule has 114 valence electrons. The highest BCUT2D eigenvalue weighted by molar-refractivity contribution is 8.14. The standard InChI is InChI=1S/C17H24N2OS/c1-17(2)11-14(8-9-20-17)18-16-19-15(12-21-16)10-13-6-4-3-5-7-13/h3-7,14-15H,8-12H2,1-2H3,(H,18,19). The van der Waals surface area contributed by atoms with Crippen molar-refractivity contribution in [2.75, 3.05) is 12.4 Å². The van der Waals surface area contributed by atoms with Crippen LogP contribution in [0.2, 0.25) is 0 Å². The highest BCUT2D eigenvalue weighted by Crippen LogP contribution is 2.26. The van der Waals surface area contributed by atoms with E-state index in [9.17, 15) is 0 Å². The minimum Gasteiger partial charge on any atom is -0.375 e. The van der Waals surface area contributed by atoms with Gasteiger partial charge in [-0.2, -0.15) is 0 Å². The molecule has 2 heterocycles. The van der Waals surface area contributed by atoms with E-state index >= 15 is 0 Å². The minimum atomic E-state index is -0.0107. The van der Waals surface area contributed by atoms with Gasteiger partial charge in [0.1, 0.15) is 0 Å². The molecular formula is C17H24N2OS. The van der Waals surface area contributed by atoms with Gasteiger partial charge in [0.25, 0.3) is 0 Å². The molecule has 2 atom stereocenters. The summed E-state index contributed by atoms with van der Waals surface area (Å²) in [7, 11) is 0. The summed E-state index contributed by atoms with van der Waals surface area (Å²) in [6.45, 7) is 5.18. The Hall–Kier alpha value is -1.00. The second kappa shape index (κ2) is 6.41. The molecule has 3 rings (SSSR count). The van der Waals surface area contributed by atoms with Crippen molar-refractivity contribution in [1.29, 1.82) is 0 Å². The van der Waals surface area contributed by atoms with Crippen molar-refractivity contribution < 1.29 is 4.74 Å². The topological polar surface area (TPSA) is 33.6 Å². The van der Waals surface area contributed by atoms with Crippen molar-refractivity contribution in [2.45, 2.75) is 50.8 Å². The van der Waals surface area contributed by atoms with E-state index in [0.29, 0.717) is 12.1 Å². The second-order valence-electron chi connectivity index (χ2n) is 6.53. The third-order valence-corrected chi connectivity index (χ3v) is 5.10. The van der Waals surface area contributed by atoms with Crippen LogP contribution in [0.3, 0.4) is 0 Å². The molecule has 1 aromatic carbocycles. The van der Waals surface area contributed by atoms with Gasteiger partial charge in [-0.1, -0.05) is 42.1 Å². The molecule has 2 unspecified atom stereocenters. The predicted molar refractivity (Wildman–Crippen MR) is 90.0 cm³/mol. The van der Waals surface area contributed by atoms with Crippen LogP contribution in [0.4, 0.5) is 0 Å². The number of ether oxygens (including phenoxy) is 1. The van der Waals surface area contributed by atoms with Gasteiger partial charge in [-0.15, -0.1) is 0 Å². The van der Waals surface area contributed by atoms with Gasteiger partial charge < -0.3 is 10.1 Å². The van der Waals surface area contributed by atoms with Crippen LogP contribution in [0, 0.1) is 0 Å². The van der Waals surface area contributed by atoms with Gasteiger partial charge >= 0.3 is 0 Å². The first-order chi connectivity index (χ1) is 10.1. The van der Waals surface area contributed by atoms with E-state index in [0.717, 1.165) is 36.8 Å². The van der Waals surface area contributed by atoms with E-state index in [1.165, 1.54) is 5.56 Å². The first kappa shape index (κ1) is 14.9. The molecule has 2 aliphatic rings. The Morgan fingerprint density at radius 3 is 2.90 bits per heavy atom. The lowest BCUT2D eigenvalue weighted by atomic mass is 9.94. The van der Waals surface area contributed by atoms with E-state index in [1.54, 1.807) is 0 Å². The summed E-state index contributed by atoms with van der Waals surface area (Å²) in [5.74, 6) is 1.09. The number of hydrogen-bond acceptors (Lipinski definition) is 4. The van der Waals surface area contributed by atoms with Crippen molar-refractivity contribution in [3.05, 3.63) is 35.9 Å². The Bertz CT molecular complexity index is 501. The molecule has 0 radical (unpaired) electrons. The van der Waals surface area contributed by atoms with E-state index < -0.39 is 0 Å². The van der Waals surface area contributed by atoms with E-state index in [2.05, 4.69) is 49.5 Å². The van der Waals surface area contributed by atoms with Gasteiger partial charge in [-0.3, -0.25) is 4.99 Å². The van der Waals surface area contributed by atoms with Crippen LogP contribution in [0.5, 0.6) is 0 Å². The normalized spacial score (nSPS) is 28.2. The Morgan fingerprint density at radius 1 is 1.33 bits per heavy atom. The fourth-order valence-electron chi connectivity index (χ4n) is 3.01. The maximum Gasteiger partial charge on any atom is 0.157 e. The minimum absolute atomic E-state index is 0.0107. The lowest BCUT2D eigenvalue weighted by molar-refractivity contribution is -0.0603. The summed E-state index contributed by atoms with van der Waals surface area (Å²) in [4.78, 5) is 4.85. The van der Waals surface area contributed by atoms with Gasteiger partial charge in [0.05, 0.1) is 11.6 Å². The SMILES string of the molecule is CC1(C)CC(NC2=NC(Cc3ccccc3)CS2)CCO1. The summed E-state index contributed by atoms with van der Waals surface area (Å²) in [6, 6.07) is 11.5. The molecule has 0 spiro atoms. The van der Waals surface area contributed by atoms with Gasteiger partial charge in [-0.05, 0) is 38.7 Å². The summed E-state index contributed by atoms with van der Waals surface area (Å²) < 4.78 is 5.77. The molecule has 1 saturated heterocycles. The number of hydrogen-bond donors (Lipinski definition) is 1. The number of nitrogens with zero attached hydrogens (tertiary/aromatic N) is 1. The van der Waals surface area contributed by atoms with E-state index in [-0.39, 0.29) is 5.60 Å². The molecule has 4 heteroatoms. The quantitative estimate of drug-likeness (QED) is 0.930. The molecule has 0 aliphatic carbocycles. The van der Waals surface area contributed by atoms with Crippen molar-refractivity contribution >= 4 is 16.9 Å². The molecule has 0 bridgehead atoms. The van der Waals surface area contributed by atoms with Crippen LogP contribution >= 0.6 is 11.8 Å². The molecule has 1 N–H and O–H groups in total. The molecule has 0 aromatic heterocycles. The zero-order chi connectivity index (χ0) is 14.7. The van der Waals surface area contributed by atoms with Crippen molar-refractivity contribution in [3.63, 3.8) is 0 Å². The van der Waals surface area contributed by atoms with Crippen LogP contribution in [-0.2, 0) is 11.2 Å². The van der Waals surface area contributed by atoms with E-state index in [1.807, 2.05) is 11.8 Å². The molecule has 1 aromatic rings. The third-order valence-electron chi connectivity index (χ3n) is 4.05. The molecular weight excluding hydrogens is 280 g/mol. The highest BCUT2D eigenvalue weighted by atomic mass is 32.2. The molecule has 2 aliphatic heterocycles. The molecule has 0 saturated carbocycles. The zero-order valence-electron chi connectivity index (χ0n) is 12.8. The largest absolute Gasteiger partial charge is 0.375 e. The number of nitrogens with one attached hydrogen (secondary N) is 1. The maximum absolute atomic E-state index is 5.77. The third kappa shape index (κ3) is 4.24. The Labute approximate surface area is 131 Å². The molecule has 0 amide bonds. The smallest absolute Gasteiger partial charge is 0.157 e. The van der Waals surface area contributed by atoms with Crippen LogP contribution in [-0.4, -0.2) is 35.2 Å². The first-order valence-electron chi connectivity index (χ1n) is 7.76. The Kier molecular flexibility index (Phi) is 4.55. The van der Waals surface area contributed by atoms with Gasteiger partial charge in [0.15, 0.2) is 5.17 Å². The van der Waals surface area contributed by atoms with Crippen LogP contribution in [0.15, 0.2) is 35.3 Å². The number of rotatable bonds is 3. The summed E-state index contributed by atoms with van der Waals surface area (Å²) in [5.41, 5.74) is 1.36. The van der Waals surface area contributed by atoms with Crippen molar-refractivity contribution in [3.8, 4) is 0 Å². The molecule has 21 heavy (non-hydrogen) atoms. The lowest BCUT2D eigenvalue weighted by Gasteiger charge is -2.36. The number of benzene rings is 1. The van der Waals surface area contributed by atoms with E-state index in [4.69, 9.17) is 9.73 Å². The Morgan fingerprint density at radius 2 is 2.14 bits per heavy atom. The van der Waals surface area contributed by atoms with Crippen molar-refractivity contribution in [1.82, 2.24) is 5.32 Å². The Balaban J connectivity index is 1.54. The predicted octanol–water partition coefficient (Wildman–Crippen LogP) is 3.25. The molecule has 1 fully saturated rings. The molecule has 3 nitrogen and oxygen atoms in total.